The second-order valence-corrected chi connectivity index (χ2v) is 8.36. The molecule has 0 saturated carbocycles. The number of rotatable bonds is 3. The van der Waals surface area contributed by atoms with Crippen LogP contribution in [0, 0.1) is 0 Å². The van der Waals surface area contributed by atoms with E-state index in [2.05, 4.69) is 14.8 Å². The molecule has 1 fully saturated rings. The molecule has 144 valence electrons. The zero-order valence-corrected chi connectivity index (χ0v) is 16.8. The van der Waals surface area contributed by atoms with Crippen molar-refractivity contribution < 1.29 is 4.79 Å². The van der Waals surface area contributed by atoms with E-state index in [1.165, 1.54) is 19.3 Å². The van der Waals surface area contributed by atoms with E-state index in [-0.39, 0.29) is 11.8 Å². The smallest absolute Gasteiger partial charge is 0.227 e. The van der Waals surface area contributed by atoms with Crippen LogP contribution in [-0.2, 0) is 24.2 Å². The molecule has 1 aromatic heterocycles. The first-order valence-corrected chi connectivity index (χ1v) is 10.5. The van der Waals surface area contributed by atoms with Crippen molar-refractivity contribution in [1.29, 1.82) is 0 Å². The Kier molecular flexibility index (Phi) is 5.69. The molecule has 1 atom stereocenters. The van der Waals surface area contributed by atoms with Crippen LogP contribution in [0.25, 0.3) is 0 Å². The van der Waals surface area contributed by atoms with Gasteiger partial charge in [0, 0.05) is 32.0 Å². The molecule has 2 aliphatic rings. The molecule has 1 aromatic carbocycles. The first-order chi connectivity index (χ1) is 13.1. The highest BCUT2D eigenvalue weighted by Crippen LogP contribution is 2.29. The Morgan fingerprint density at radius 3 is 2.81 bits per heavy atom. The zero-order valence-electron chi connectivity index (χ0n) is 15.3. The molecular weight excluding hydrogens is 383 g/mol. The third-order valence-corrected chi connectivity index (χ3v) is 6.36. The lowest BCUT2D eigenvalue weighted by molar-refractivity contribution is -0.131. The third-order valence-electron chi connectivity index (χ3n) is 5.62. The number of carbonyl (C=O) groups excluding carboxylic acids is 1. The van der Waals surface area contributed by atoms with Crippen LogP contribution in [0.15, 0.2) is 18.2 Å². The van der Waals surface area contributed by atoms with Crippen molar-refractivity contribution in [3.8, 4) is 0 Å². The number of benzene rings is 1. The topological polar surface area (TPSA) is 51.0 Å². The lowest BCUT2D eigenvalue weighted by Crippen LogP contribution is -2.40. The van der Waals surface area contributed by atoms with Crippen molar-refractivity contribution in [1.82, 2.24) is 19.7 Å². The summed E-state index contributed by atoms with van der Waals surface area (Å²) in [5.41, 5.74) is 0.896. The van der Waals surface area contributed by atoms with Crippen molar-refractivity contribution in [2.45, 2.75) is 57.4 Å². The fourth-order valence-corrected chi connectivity index (χ4v) is 4.48. The summed E-state index contributed by atoms with van der Waals surface area (Å²) >= 11 is 12.0. The molecule has 1 amide bonds. The van der Waals surface area contributed by atoms with E-state index in [4.69, 9.17) is 23.2 Å². The van der Waals surface area contributed by atoms with Crippen molar-refractivity contribution in [3.63, 3.8) is 0 Å². The van der Waals surface area contributed by atoms with Gasteiger partial charge in [-0.25, -0.2) is 0 Å². The minimum atomic E-state index is 0.133. The number of fused-ring (bicyclic) bond motifs is 1. The number of hydrogen-bond acceptors (Lipinski definition) is 3. The Morgan fingerprint density at radius 1 is 1.07 bits per heavy atom. The normalized spacial score (nSPS) is 20.2. The van der Waals surface area contributed by atoms with E-state index in [1.54, 1.807) is 12.1 Å². The predicted molar refractivity (Wildman–Crippen MR) is 106 cm³/mol. The Morgan fingerprint density at radius 2 is 1.96 bits per heavy atom. The summed E-state index contributed by atoms with van der Waals surface area (Å²) in [4.78, 5) is 14.8. The van der Waals surface area contributed by atoms with Crippen LogP contribution in [-0.4, -0.2) is 38.7 Å². The molecule has 0 radical (unpaired) electrons. The monoisotopic (exact) mass is 406 g/mol. The highest BCUT2D eigenvalue weighted by molar-refractivity contribution is 6.42. The molecule has 3 heterocycles. The fourth-order valence-electron chi connectivity index (χ4n) is 4.16. The van der Waals surface area contributed by atoms with Gasteiger partial charge in [0.15, 0.2) is 0 Å². The Hall–Kier alpha value is -1.59. The Balaban J connectivity index is 1.45. The lowest BCUT2D eigenvalue weighted by Gasteiger charge is -2.32. The van der Waals surface area contributed by atoms with E-state index >= 15 is 0 Å². The van der Waals surface area contributed by atoms with Crippen LogP contribution >= 0.6 is 23.2 Å². The van der Waals surface area contributed by atoms with Crippen LogP contribution in [0.2, 0.25) is 10.0 Å². The highest BCUT2D eigenvalue weighted by Gasteiger charge is 2.29. The number of hydrogen-bond donors (Lipinski definition) is 0. The predicted octanol–water partition coefficient (Wildman–Crippen LogP) is 4.26. The van der Waals surface area contributed by atoms with Gasteiger partial charge in [0.25, 0.3) is 0 Å². The summed E-state index contributed by atoms with van der Waals surface area (Å²) in [6.07, 6.45) is 7.05. The van der Waals surface area contributed by atoms with Gasteiger partial charge in [-0.15, -0.1) is 10.2 Å². The molecule has 0 bridgehead atoms. The summed E-state index contributed by atoms with van der Waals surface area (Å²) in [6.45, 7) is 2.53. The fraction of sp³-hybridized carbons (Fsp3) is 0.550. The number of aryl methyl sites for hydroxylation is 1. The van der Waals surface area contributed by atoms with Gasteiger partial charge < -0.3 is 9.47 Å². The maximum absolute atomic E-state index is 12.8. The number of carbonyl (C=O) groups is 1. The van der Waals surface area contributed by atoms with Gasteiger partial charge in [0.1, 0.15) is 11.6 Å². The molecule has 2 aliphatic heterocycles. The van der Waals surface area contributed by atoms with Gasteiger partial charge in [-0.3, -0.25) is 4.79 Å². The molecule has 5 nitrogen and oxygen atoms in total. The van der Waals surface area contributed by atoms with Gasteiger partial charge in [0.05, 0.1) is 16.5 Å². The van der Waals surface area contributed by atoms with E-state index in [1.807, 2.05) is 11.0 Å². The van der Waals surface area contributed by atoms with Crippen molar-refractivity contribution in [3.05, 3.63) is 45.5 Å². The standard InChI is InChI=1S/C20H24Cl2N4O/c21-16-8-7-14(11-17(16)22)12-19(27)25-9-4-5-15(13-25)20-24-23-18-6-2-1-3-10-26(18)20/h7-8,11,15H,1-6,9-10,12-13H2. The largest absolute Gasteiger partial charge is 0.342 e. The van der Waals surface area contributed by atoms with E-state index < -0.39 is 0 Å². The summed E-state index contributed by atoms with van der Waals surface area (Å²) in [5.74, 6) is 2.59. The zero-order chi connectivity index (χ0) is 18.8. The van der Waals surface area contributed by atoms with Crippen LogP contribution in [0.1, 0.15) is 55.2 Å². The molecule has 4 rings (SSSR count). The number of likely N-dealkylation sites (tertiary alicyclic amines) is 1. The number of piperidine rings is 1. The van der Waals surface area contributed by atoms with Gasteiger partial charge >= 0.3 is 0 Å². The van der Waals surface area contributed by atoms with Gasteiger partial charge in [-0.1, -0.05) is 35.7 Å². The molecule has 0 spiro atoms. The van der Waals surface area contributed by atoms with E-state index in [0.29, 0.717) is 16.5 Å². The summed E-state index contributed by atoms with van der Waals surface area (Å²) in [7, 11) is 0. The second kappa shape index (κ2) is 8.19. The Labute approximate surface area is 169 Å². The summed E-state index contributed by atoms with van der Waals surface area (Å²) in [6, 6.07) is 5.39. The summed E-state index contributed by atoms with van der Waals surface area (Å²) < 4.78 is 2.31. The SMILES string of the molecule is O=C(Cc1ccc(Cl)c(Cl)c1)N1CCCC(c2nnc3n2CCCCC3)C1. The third kappa shape index (κ3) is 4.14. The summed E-state index contributed by atoms with van der Waals surface area (Å²) in [5, 5.41) is 9.94. The molecular formula is C20H24Cl2N4O. The van der Waals surface area contributed by atoms with Crippen LogP contribution in [0.5, 0.6) is 0 Å². The minimum Gasteiger partial charge on any atom is -0.342 e. The molecule has 7 heteroatoms. The van der Waals surface area contributed by atoms with Crippen molar-refractivity contribution in [2.75, 3.05) is 13.1 Å². The maximum atomic E-state index is 12.8. The van der Waals surface area contributed by atoms with Crippen LogP contribution < -0.4 is 0 Å². The van der Waals surface area contributed by atoms with E-state index in [9.17, 15) is 4.79 Å². The van der Waals surface area contributed by atoms with Gasteiger partial charge in [-0.05, 0) is 43.4 Å². The quantitative estimate of drug-likeness (QED) is 0.764. The second-order valence-electron chi connectivity index (χ2n) is 7.54. The number of aromatic nitrogens is 3. The van der Waals surface area contributed by atoms with Crippen molar-refractivity contribution >= 4 is 29.1 Å². The average molecular weight is 407 g/mol. The lowest BCUT2D eigenvalue weighted by atomic mass is 9.96. The number of amides is 1. The first kappa shape index (κ1) is 18.8. The molecule has 0 aliphatic carbocycles. The first-order valence-electron chi connectivity index (χ1n) is 9.75. The number of halogens is 2. The number of nitrogens with zero attached hydrogens (tertiary/aromatic N) is 4. The van der Waals surface area contributed by atoms with Crippen LogP contribution in [0.4, 0.5) is 0 Å². The van der Waals surface area contributed by atoms with Gasteiger partial charge in [0.2, 0.25) is 5.91 Å². The highest BCUT2D eigenvalue weighted by atomic mass is 35.5. The molecule has 27 heavy (non-hydrogen) atoms. The minimum absolute atomic E-state index is 0.133. The maximum Gasteiger partial charge on any atom is 0.227 e. The molecule has 2 aromatic rings. The van der Waals surface area contributed by atoms with E-state index in [0.717, 1.165) is 56.1 Å². The Bertz CT molecular complexity index is 835. The average Bonchev–Trinajstić information content (AvgIpc) is 2.93. The molecule has 1 unspecified atom stereocenters. The van der Waals surface area contributed by atoms with Crippen molar-refractivity contribution in [2.24, 2.45) is 0 Å². The molecule has 0 N–H and O–H groups in total. The van der Waals surface area contributed by atoms with Gasteiger partial charge in [-0.2, -0.15) is 0 Å². The molecule has 1 saturated heterocycles. The van der Waals surface area contributed by atoms with Crippen LogP contribution in [0.3, 0.4) is 0 Å².